The molecule has 1 saturated heterocycles. The van der Waals surface area contributed by atoms with Gasteiger partial charge in [-0.2, -0.15) is 13.2 Å². The van der Waals surface area contributed by atoms with Crippen molar-refractivity contribution in [3.63, 3.8) is 0 Å². The summed E-state index contributed by atoms with van der Waals surface area (Å²) in [6.07, 6.45) is -2.43. The van der Waals surface area contributed by atoms with E-state index < -0.39 is 11.7 Å². The van der Waals surface area contributed by atoms with Gasteiger partial charge in [0, 0.05) is 26.2 Å². The number of hydrogen-bond acceptors (Lipinski definition) is 2. The lowest BCUT2D eigenvalue weighted by atomic mass is 9.95. The molecule has 2 nitrogen and oxygen atoms in total. The van der Waals surface area contributed by atoms with Crippen LogP contribution in [-0.4, -0.2) is 49.6 Å². The van der Waals surface area contributed by atoms with E-state index in [1.807, 2.05) is 24.3 Å². The lowest BCUT2D eigenvalue weighted by molar-refractivity contribution is -0.137. The van der Waals surface area contributed by atoms with Crippen LogP contribution in [-0.2, 0) is 12.6 Å². The summed E-state index contributed by atoms with van der Waals surface area (Å²) in [6, 6.07) is 13.4. The highest BCUT2D eigenvalue weighted by atomic mass is 19.4. The Morgan fingerprint density at radius 2 is 1.65 bits per heavy atom. The highest BCUT2D eigenvalue weighted by molar-refractivity contribution is 5.68. The number of aryl methyl sites for hydroxylation is 1. The largest absolute Gasteiger partial charge is 0.416 e. The molecule has 140 valence electrons. The van der Waals surface area contributed by atoms with Gasteiger partial charge in [-0.25, -0.2) is 0 Å². The fourth-order valence-electron chi connectivity index (χ4n) is 3.45. The average Bonchev–Trinajstić information content (AvgIpc) is 2.63. The first-order chi connectivity index (χ1) is 12.4. The van der Waals surface area contributed by atoms with Crippen LogP contribution in [0.4, 0.5) is 13.2 Å². The highest BCUT2D eigenvalue weighted by Gasteiger charge is 2.30. The summed E-state index contributed by atoms with van der Waals surface area (Å²) in [6.45, 7) is 5.41. The first-order valence-corrected chi connectivity index (χ1v) is 9.10. The van der Waals surface area contributed by atoms with E-state index in [2.05, 4.69) is 16.8 Å². The summed E-state index contributed by atoms with van der Waals surface area (Å²) < 4.78 is 39.0. The topological polar surface area (TPSA) is 6.48 Å². The SMILES string of the molecule is CN1CCN(CCCc2ccccc2-c2cccc(C(F)(F)F)c2)CC1. The van der Waals surface area contributed by atoms with Crippen LogP contribution in [0.1, 0.15) is 17.5 Å². The summed E-state index contributed by atoms with van der Waals surface area (Å²) >= 11 is 0. The van der Waals surface area contributed by atoms with Crippen LogP contribution in [0.3, 0.4) is 0 Å². The van der Waals surface area contributed by atoms with Crippen molar-refractivity contribution >= 4 is 0 Å². The number of piperazine rings is 1. The average molecular weight is 362 g/mol. The molecule has 3 rings (SSSR count). The number of nitrogens with zero attached hydrogens (tertiary/aromatic N) is 2. The third kappa shape index (κ3) is 4.86. The zero-order chi connectivity index (χ0) is 18.6. The summed E-state index contributed by atoms with van der Waals surface area (Å²) in [5, 5.41) is 0. The van der Waals surface area contributed by atoms with Crippen molar-refractivity contribution in [3.05, 3.63) is 59.7 Å². The van der Waals surface area contributed by atoms with Gasteiger partial charge < -0.3 is 9.80 Å². The van der Waals surface area contributed by atoms with E-state index in [1.54, 1.807) is 6.07 Å². The van der Waals surface area contributed by atoms with E-state index in [9.17, 15) is 13.2 Å². The molecule has 0 radical (unpaired) electrons. The molecule has 0 amide bonds. The van der Waals surface area contributed by atoms with Crippen LogP contribution in [0.2, 0.25) is 0 Å². The normalized spacial score (nSPS) is 16.8. The van der Waals surface area contributed by atoms with E-state index >= 15 is 0 Å². The van der Waals surface area contributed by atoms with Gasteiger partial charge in [0.05, 0.1) is 5.56 Å². The molecule has 1 heterocycles. The van der Waals surface area contributed by atoms with E-state index in [4.69, 9.17) is 0 Å². The monoisotopic (exact) mass is 362 g/mol. The predicted octanol–water partition coefficient (Wildman–Crippen LogP) is 4.55. The second-order valence-electron chi connectivity index (χ2n) is 6.98. The maximum atomic E-state index is 13.0. The molecule has 5 heteroatoms. The second-order valence-corrected chi connectivity index (χ2v) is 6.98. The highest BCUT2D eigenvalue weighted by Crippen LogP contribution is 2.33. The van der Waals surface area contributed by atoms with Crippen molar-refractivity contribution < 1.29 is 13.2 Å². The van der Waals surface area contributed by atoms with Crippen molar-refractivity contribution in [1.29, 1.82) is 0 Å². The molecule has 1 aliphatic heterocycles. The van der Waals surface area contributed by atoms with Crippen LogP contribution in [0.25, 0.3) is 11.1 Å². The number of alkyl halides is 3. The van der Waals surface area contributed by atoms with Gasteiger partial charge in [0.25, 0.3) is 0 Å². The Balaban J connectivity index is 1.69. The summed E-state index contributed by atoms with van der Waals surface area (Å²) in [7, 11) is 2.14. The third-order valence-electron chi connectivity index (χ3n) is 5.03. The van der Waals surface area contributed by atoms with Gasteiger partial charge in [-0.1, -0.05) is 36.4 Å². The molecule has 0 atom stereocenters. The Morgan fingerprint density at radius 1 is 0.923 bits per heavy atom. The van der Waals surface area contributed by atoms with Crippen LogP contribution in [0, 0.1) is 0 Å². The molecule has 0 N–H and O–H groups in total. The molecule has 0 aliphatic carbocycles. The minimum absolute atomic E-state index is 0.595. The molecular weight excluding hydrogens is 337 g/mol. The van der Waals surface area contributed by atoms with Gasteiger partial charge in [0.1, 0.15) is 0 Å². The maximum Gasteiger partial charge on any atom is 0.416 e. The van der Waals surface area contributed by atoms with Crippen molar-refractivity contribution in [2.24, 2.45) is 0 Å². The first kappa shape index (κ1) is 18.9. The van der Waals surface area contributed by atoms with E-state index in [0.717, 1.165) is 62.8 Å². The molecule has 0 bridgehead atoms. The van der Waals surface area contributed by atoms with Gasteiger partial charge in [-0.3, -0.25) is 0 Å². The molecule has 0 aromatic heterocycles. The van der Waals surface area contributed by atoms with Gasteiger partial charge in [0.15, 0.2) is 0 Å². The lowest BCUT2D eigenvalue weighted by Gasteiger charge is -2.32. The van der Waals surface area contributed by atoms with Crippen LogP contribution in [0.15, 0.2) is 48.5 Å². The van der Waals surface area contributed by atoms with Crippen molar-refractivity contribution in [2.75, 3.05) is 39.8 Å². The number of rotatable bonds is 5. The van der Waals surface area contributed by atoms with Gasteiger partial charge >= 0.3 is 6.18 Å². The molecule has 26 heavy (non-hydrogen) atoms. The minimum Gasteiger partial charge on any atom is -0.304 e. The molecule has 0 saturated carbocycles. The zero-order valence-electron chi connectivity index (χ0n) is 15.1. The maximum absolute atomic E-state index is 13.0. The predicted molar refractivity (Wildman–Crippen MR) is 99.1 cm³/mol. The van der Waals surface area contributed by atoms with Gasteiger partial charge in [-0.05, 0) is 55.3 Å². The minimum atomic E-state index is -4.31. The van der Waals surface area contributed by atoms with Crippen LogP contribution < -0.4 is 0 Å². The van der Waals surface area contributed by atoms with Crippen molar-refractivity contribution in [1.82, 2.24) is 9.80 Å². The van der Waals surface area contributed by atoms with E-state index in [0.29, 0.717) is 5.56 Å². The Kier molecular flexibility index (Phi) is 5.99. The quantitative estimate of drug-likeness (QED) is 0.770. The number of benzene rings is 2. The summed E-state index contributed by atoms with van der Waals surface area (Å²) in [4.78, 5) is 4.80. The van der Waals surface area contributed by atoms with Gasteiger partial charge in [-0.15, -0.1) is 0 Å². The second kappa shape index (κ2) is 8.23. The van der Waals surface area contributed by atoms with Crippen molar-refractivity contribution in [3.8, 4) is 11.1 Å². The molecule has 1 fully saturated rings. The zero-order valence-corrected chi connectivity index (χ0v) is 15.1. The van der Waals surface area contributed by atoms with E-state index in [-0.39, 0.29) is 0 Å². The fraction of sp³-hybridized carbons (Fsp3) is 0.429. The number of hydrogen-bond donors (Lipinski definition) is 0. The summed E-state index contributed by atoms with van der Waals surface area (Å²) in [5.41, 5.74) is 2.05. The Labute approximate surface area is 153 Å². The first-order valence-electron chi connectivity index (χ1n) is 9.10. The molecular formula is C21H25F3N2. The standard InChI is InChI=1S/C21H25F3N2/c1-25-12-14-26(15-13-25)11-5-8-17-6-2-3-10-20(17)18-7-4-9-19(16-18)21(22,23)24/h2-4,6-7,9-10,16H,5,8,11-15H2,1H3. The molecule has 1 aliphatic rings. The Bertz CT molecular complexity index is 719. The molecule has 0 unspecified atom stereocenters. The van der Waals surface area contributed by atoms with Crippen LogP contribution in [0.5, 0.6) is 0 Å². The summed E-state index contributed by atoms with van der Waals surface area (Å²) in [5.74, 6) is 0. The fourth-order valence-corrected chi connectivity index (χ4v) is 3.45. The Morgan fingerprint density at radius 3 is 2.38 bits per heavy atom. The van der Waals surface area contributed by atoms with E-state index in [1.165, 1.54) is 12.1 Å². The van der Waals surface area contributed by atoms with Crippen LogP contribution >= 0.6 is 0 Å². The number of likely N-dealkylation sites (N-methyl/N-ethyl adjacent to an activating group) is 1. The molecule has 2 aromatic rings. The van der Waals surface area contributed by atoms with Gasteiger partial charge in [0.2, 0.25) is 0 Å². The smallest absolute Gasteiger partial charge is 0.304 e. The number of halogens is 3. The lowest BCUT2D eigenvalue weighted by Crippen LogP contribution is -2.44. The van der Waals surface area contributed by atoms with Crippen molar-refractivity contribution in [2.45, 2.75) is 19.0 Å². The third-order valence-corrected chi connectivity index (χ3v) is 5.03. The Hall–Kier alpha value is -1.85. The molecule has 0 spiro atoms. The molecule has 2 aromatic carbocycles.